The van der Waals surface area contributed by atoms with Gasteiger partial charge in [-0.2, -0.15) is 4.31 Å². The predicted octanol–water partition coefficient (Wildman–Crippen LogP) is 3.85. The predicted molar refractivity (Wildman–Crippen MR) is 108 cm³/mol. The lowest BCUT2D eigenvalue weighted by Gasteiger charge is -2.36. The summed E-state index contributed by atoms with van der Waals surface area (Å²) < 4.78 is 28.1. The van der Waals surface area contributed by atoms with Crippen LogP contribution in [0.25, 0.3) is 0 Å². The number of carbonyl (C=O) groups excluding carboxylic acids is 1. The third kappa shape index (κ3) is 4.34. The minimum atomic E-state index is -3.44. The van der Waals surface area contributed by atoms with E-state index in [0.29, 0.717) is 42.0 Å². The number of halogens is 1. The van der Waals surface area contributed by atoms with E-state index in [9.17, 15) is 13.2 Å². The summed E-state index contributed by atoms with van der Waals surface area (Å²) in [7, 11) is -3.44. The zero-order valence-corrected chi connectivity index (χ0v) is 18.5. The number of thiophene rings is 1. The Kier molecular flexibility index (Phi) is 6.47. The van der Waals surface area contributed by atoms with Gasteiger partial charge in [0.05, 0.1) is 3.79 Å². The highest BCUT2D eigenvalue weighted by Crippen LogP contribution is 2.32. The molecule has 2 heterocycles. The van der Waals surface area contributed by atoms with Crippen LogP contribution in [0.15, 0.2) is 20.1 Å². The van der Waals surface area contributed by atoms with Gasteiger partial charge in [-0.15, -0.1) is 11.3 Å². The van der Waals surface area contributed by atoms with E-state index in [4.69, 9.17) is 0 Å². The van der Waals surface area contributed by atoms with Crippen LogP contribution in [0.4, 0.5) is 0 Å². The molecule has 3 rings (SSSR count). The number of piperidine rings is 1. The van der Waals surface area contributed by atoms with Crippen molar-refractivity contribution in [3.8, 4) is 0 Å². The second kappa shape index (κ2) is 8.29. The highest BCUT2D eigenvalue weighted by atomic mass is 79.9. The van der Waals surface area contributed by atoms with E-state index in [2.05, 4.69) is 35.1 Å². The molecule has 8 heteroatoms. The fraction of sp³-hybridized carbons (Fsp3) is 0.722. The van der Waals surface area contributed by atoms with Crippen LogP contribution in [-0.2, 0) is 14.8 Å². The molecule has 0 aromatic carbocycles. The van der Waals surface area contributed by atoms with Crippen LogP contribution < -0.4 is 5.32 Å². The van der Waals surface area contributed by atoms with Crippen LogP contribution in [0.5, 0.6) is 0 Å². The van der Waals surface area contributed by atoms with Crippen LogP contribution in [0.3, 0.4) is 0 Å². The summed E-state index contributed by atoms with van der Waals surface area (Å²) >= 11 is 4.54. The van der Waals surface area contributed by atoms with Gasteiger partial charge in [0.2, 0.25) is 5.91 Å². The van der Waals surface area contributed by atoms with Gasteiger partial charge in [0.1, 0.15) is 4.21 Å². The van der Waals surface area contributed by atoms with Gasteiger partial charge >= 0.3 is 0 Å². The summed E-state index contributed by atoms with van der Waals surface area (Å²) in [5, 5.41) is 3.25. The SMILES string of the molecule is CC1CCCC(NC(=O)C2CCN(S(=O)(=O)c3ccc(Br)s3)CC2)C1C. The number of hydrogen-bond donors (Lipinski definition) is 1. The maximum Gasteiger partial charge on any atom is 0.252 e. The maximum atomic E-state index is 12.7. The Morgan fingerprint density at radius 1 is 1.19 bits per heavy atom. The molecule has 3 atom stereocenters. The number of amides is 1. The summed E-state index contributed by atoms with van der Waals surface area (Å²) in [5.41, 5.74) is 0. The minimum absolute atomic E-state index is 0.0824. The van der Waals surface area contributed by atoms with Gasteiger partial charge in [0, 0.05) is 25.0 Å². The molecule has 1 saturated heterocycles. The second-order valence-corrected chi connectivity index (χ2v) is 12.2. The molecule has 26 heavy (non-hydrogen) atoms. The van der Waals surface area contributed by atoms with Crippen molar-refractivity contribution in [2.24, 2.45) is 17.8 Å². The molecule has 2 fully saturated rings. The summed E-state index contributed by atoms with van der Waals surface area (Å²) in [5.74, 6) is 1.17. The van der Waals surface area contributed by atoms with Crippen molar-refractivity contribution in [2.75, 3.05) is 13.1 Å². The fourth-order valence-corrected chi connectivity index (χ4v) is 7.64. The van der Waals surface area contributed by atoms with Crippen molar-refractivity contribution < 1.29 is 13.2 Å². The molecule has 1 amide bonds. The first kappa shape index (κ1) is 20.3. The Labute approximate surface area is 168 Å². The third-order valence-corrected chi connectivity index (χ3v) is 9.99. The van der Waals surface area contributed by atoms with Gasteiger partial charge in [0.15, 0.2) is 0 Å². The number of rotatable bonds is 4. The first-order valence-electron chi connectivity index (χ1n) is 9.35. The molecule has 1 saturated carbocycles. The smallest absolute Gasteiger partial charge is 0.252 e. The van der Waals surface area contributed by atoms with Crippen molar-refractivity contribution in [3.63, 3.8) is 0 Å². The van der Waals surface area contributed by atoms with Gasteiger partial charge in [-0.1, -0.05) is 26.7 Å². The molecule has 0 bridgehead atoms. The number of hydrogen-bond acceptors (Lipinski definition) is 4. The Balaban J connectivity index is 1.55. The van der Waals surface area contributed by atoms with Crippen molar-refractivity contribution in [1.82, 2.24) is 9.62 Å². The molecule has 3 unspecified atom stereocenters. The maximum absolute atomic E-state index is 12.7. The first-order chi connectivity index (χ1) is 12.3. The van der Waals surface area contributed by atoms with Gasteiger partial charge in [-0.3, -0.25) is 4.79 Å². The van der Waals surface area contributed by atoms with Gasteiger partial charge < -0.3 is 5.32 Å². The Hall–Kier alpha value is -0.440. The fourth-order valence-electron chi connectivity index (χ4n) is 4.01. The van der Waals surface area contributed by atoms with Gasteiger partial charge in [-0.25, -0.2) is 8.42 Å². The van der Waals surface area contributed by atoms with E-state index in [1.165, 1.54) is 28.5 Å². The number of sulfonamides is 1. The summed E-state index contributed by atoms with van der Waals surface area (Å²) in [6.45, 7) is 5.30. The van der Waals surface area contributed by atoms with E-state index in [1.54, 1.807) is 12.1 Å². The second-order valence-electron chi connectivity index (χ2n) is 7.62. The lowest BCUT2D eigenvalue weighted by atomic mass is 9.78. The molecule has 1 aromatic heterocycles. The first-order valence-corrected chi connectivity index (χ1v) is 12.4. The van der Waals surface area contributed by atoms with Crippen LogP contribution in [0.2, 0.25) is 0 Å². The standard InChI is InChI=1S/C18H27BrN2O3S2/c1-12-4-3-5-15(13(12)2)20-18(22)14-8-10-21(11-9-14)26(23,24)17-7-6-16(19)25-17/h6-7,12-15H,3-5,8-11H2,1-2H3,(H,20,22). The van der Waals surface area contributed by atoms with Crippen LogP contribution >= 0.6 is 27.3 Å². The van der Waals surface area contributed by atoms with Crippen molar-refractivity contribution in [2.45, 2.75) is 56.2 Å². The third-order valence-electron chi connectivity index (χ3n) is 6.00. The molecule has 0 radical (unpaired) electrons. The summed E-state index contributed by atoms with van der Waals surface area (Å²) in [6, 6.07) is 3.65. The van der Waals surface area contributed by atoms with Crippen LogP contribution in [0, 0.1) is 17.8 Å². The minimum Gasteiger partial charge on any atom is -0.353 e. The van der Waals surface area contributed by atoms with E-state index in [-0.39, 0.29) is 17.9 Å². The van der Waals surface area contributed by atoms with Crippen molar-refractivity contribution in [3.05, 3.63) is 15.9 Å². The lowest BCUT2D eigenvalue weighted by Crippen LogP contribution is -2.48. The van der Waals surface area contributed by atoms with Gasteiger partial charge in [0.25, 0.3) is 10.0 Å². The van der Waals surface area contributed by atoms with E-state index in [1.807, 2.05) is 0 Å². The monoisotopic (exact) mass is 462 g/mol. The highest BCUT2D eigenvalue weighted by Gasteiger charge is 2.35. The number of carbonyl (C=O) groups is 1. The lowest BCUT2D eigenvalue weighted by molar-refractivity contribution is -0.127. The molecule has 2 aliphatic rings. The molecule has 1 aromatic rings. The molecule has 1 aliphatic carbocycles. The molecule has 146 valence electrons. The zero-order valence-electron chi connectivity index (χ0n) is 15.3. The number of nitrogens with zero attached hydrogens (tertiary/aromatic N) is 1. The Morgan fingerprint density at radius 3 is 2.50 bits per heavy atom. The normalized spacial score (nSPS) is 28.8. The van der Waals surface area contributed by atoms with Crippen molar-refractivity contribution >= 4 is 43.2 Å². The van der Waals surface area contributed by atoms with E-state index >= 15 is 0 Å². The van der Waals surface area contributed by atoms with Crippen molar-refractivity contribution in [1.29, 1.82) is 0 Å². The topological polar surface area (TPSA) is 66.5 Å². The Morgan fingerprint density at radius 2 is 1.88 bits per heavy atom. The molecule has 5 nitrogen and oxygen atoms in total. The summed E-state index contributed by atoms with van der Waals surface area (Å²) in [4.78, 5) is 12.7. The Bertz CT molecular complexity index is 741. The zero-order chi connectivity index (χ0) is 18.9. The van der Waals surface area contributed by atoms with Gasteiger partial charge in [-0.05, 0) is 59.2 Å². The molecule has 1 N–H and O–H groups in total. The van der Waals surface area contributed by atoms with Crippen LogP contribution in [-0.4, -0.2) is 37.8 Å². The highest BCUT2D eigenvalue weighted by molar-refractivity contribution is 9.11. The van der Waals surface area contributed by atoms with E-state index in [0.717, 1.165) is 10.2 Å². The van der Waals surface area contributed by atoms with Crippen LogP contribution in [0.1, 0.15) is 46.0 Å². The average molecular weight is 463 g/mol. The number of nitrogens with one attached hydrogen (secondary N) is 1. The van der Waals surface area contributed by atoms with E-state index < -0.39 is 10.0 Å². The summed E-state index contributed by atoms with van der Waals surface area (Å²) in [6.07, 6.45) is 4.65. The molecule has 0 spiro atoms. The largest absolute Gasteiger partial charge is 0.353 e. The molecular formula is C18H27BrN2O3S2. The molecular weight excluding hydrogens is 436 g/mol. The molecule has 1 aliphatic heterocycles. The average Bonchev–Trinajstić information content (AvgIpc) is 3.06. The quantitative estimate of drug-likeness (QED) is 0.738.